The van der Waals surface area contributed by atoms with E-state index in [-0.39, 0.29) is 0 Å². The first-order chi connectivity index (χ1) is 6.70. The van der Waals surface area contributed by atoms with Gasteiger partial charge in [0.1, 0.15) is 12.1 Å². The van der Waals surface area contributed by atoms with Crippen LogP contribution in [0.1, 0.15) is 6.42 Å². The fourth-order valence-electron chi connectivity index (χ4n) is 1.04. The third kappa shape index (κ3) is 4.19. The number of nitrogens with zero attached hydrogens (tertiary/aromatic N) is 3. The second-order valence-electron chi connectivity index (χ2n) is 3.30. The van der Waals surface area contributed by atoms with Crippen LogP contribution < -0.4 is 5.32 Å². The molecule has 5 heteroatoms. The molecule has 0 aliphatic carbocycles. The Morgan fingerprint density at radius 1 is 1.50 bits per heavy atom. The molecule has 1 N–H and O–H groups in total. The number of rotatable bonds is 5. The average Bonchev–Trinajstić information content (AvgIpc) is 2.15. The highest BCUT2D eigenvalue weighted by Crippen LogP contribution is 2.11. The summed E-state index contributed by atoms with van der Waals surface area (Å²) < 4.78 is 1.06. The van der Waals surface area contributed by atoms with Crippen molar-refractivity contribution in [3.8, 4) is 0 Å². The van der Waals surface area contributed by atoms with Crippen LogP contribution >= 0.6 is 22.6 Å². The summed E-state index contributed by atoms with van der Waals surface area (Å²) in [6.45, 7) is 2.04. The van der Waals surface area contributed by atoms with Gasteiger partial charge < -0.3 is 10.2 Å². The molecule has 0 atom stereocenters. The van der Waals surface area contributed by atoms with E-state index in [0.717, 1.165) is 28.9 Å². The smallest absolute Gasteiger partial charge is 0.142 e. The van der Waals surface area contributed by atoms with Gasteiger partial charge in [0.2, 0.25) is 0 Å². The summed E-state index contributed by atoms with van der Waals surface area (Å²) in [4.78, 5) is 10.3. The Hall–Kier alpha value is -0.430. The number of anilines is 1. The normalized spacial score (nSPS) is 10.6. The molecule has 1 aromatic rings. The summed E-state index contributed by atoms with van der Waals surface area (Å²) in [5.41, 5.74) is 0. The van der Waals surface area contributed by atoms with E-state index in [2.05, 4.69) is 56.9 Å². The third-order valence-corrected chi connectivity index (χ3v) is 2.53. The van der Waals surface area contributed by atoms with E-state index in [9.17, 15) is 0 Å². The van der Waals surface area contributed by atoms with Crippen molar-refractivity contribution >= 4 is 28.4 Å². The molecular weight excluding hydrogens is 291 g/mol. The quantitative estimate of drug-likeness (QED) is 0.660. The van der Waals surface area contributed by atoms with Crippen LogP contribution in [-0.2, 0) is 0 Å². The summed E-state index contributed by atoms with van der Waals surface area (Å²) in [6, 6.07) is 0. The summed E-state index contributed by atoms with van der Waals surface area (Å²) in [5, 5.41) is 3.28. The first-order valence-corrected chi connectivity index (χ1v) is 5.62. The highest BCUT2D eigenvalue weighted by molar-refractivity contribution is 14.1. The minimum atomic E-state index is 0.930. The predicted molar refractivity (Wildman–Crippen MR) is 66.4 cm³/mol. The lowest BCUT2D eigenvalue weighted by Gasteiger charge is -2.10. The van der Waals surface area contributed by atoms with Gasteiger partial charge >= 0.3 is 0 Å². The fraction of sp³-hybridized carbons (Fsp3) is 0.556. The lowest BCUT2D eigenvalue weighted by atomic mass is 10.4. The second kappa shape index (κ2) is 6.13. The topological polar surface area (TPSA) is 41.0 Å². The van der Waals surface area contributed by atoms with Crippen molar-refractivity contribution in [2.24, 2.45) is 0 Å². The Bertz CT molecular complexity index is 277. The number of halogens is 1. The van der Waals surface area contributed by atoms with Gasteiger partial charge in [-0.25, -0.2) is 9.97 Å². The fourth-order valence-corrected chi connectivity index (χ4v) is 1.54. The SMILES string of the molecule is CN(C)CCCNc1ncncc1I. The number of nitrogens with one attached hydrogen (secondary N) is 1. The molecule has 0 saturated carbocycles. The molecular formula is C9H15IN4. The van der Waals surface area contributed by atoms with Crippen LogP contribution in [0.2, 0.25) is 0 Å². The van der Waals surface area contributed by atoms with E-state index in [1.165, 1.54) is 0 Å². The highest BCUT2D eigenvalue weighted by Gasteiger charge is 1.98. The zero-order chi connectivity index (χ0) is 10.4. The van der Waals surface area contributed by atoms with Gasteiger partial charge in [0.25, 0.3) is 0 Å². The summed E-state index contributed by atoms with van der Waals surface area (Å²) >= 11 is 2.23. The summed E-state index contributed by atoms with van der Waals surface area (Å²) in [7, 11) is 4.16. The second-order valence-corrected chi connectivity index (χ2v) is 4.47. The molecule has 0 bridgehead atoms. The van der Waals surface area contributed by atoms with Gasteiger partial charge in [-0.3, -0.25) is 0 Å². The van der Waals surface area contributed by atoms with Gasteiger partial charge in [-0.05, 0) is 49.7 Å². The van der Waals surface area contributed by atoms with Gasteiger partial charge in [0.05, 0.1) is 3.57 Å². The molecule has 0 aromatic carbocycles. The molecule has 0 spiro atoms. The van der Waals surface area contributed by atoms with Crippen molar-refractivity contribution in [1.82, 2.24) is 14.9 Å². The van der Waals surface area contributed by atoms with Crippen molar-refractivity contribution < 1.29 is 0 Å². The molecule has 0 fully saturated rings. The van der Waals surface area contributed by atoms with Crippen molar-refractivity contribution in [2.75, 3.05) is 32.5 Å². The zero-order valence-corrected chi connectivity index (χ0v) is 10.7. The first-order valence-electron chi connectivity index (χ1n) is 4.54. The molecule has 14 heavy (non-hydrogen) atoms. The minimum absolute atomic E-state index is 0.930. The molecule has 1 rings (SSSR count). The van der Waals surface area contributed by atoms with Crippen LogP contribution in [0.5, 0.6) is 0 Å². The largest absolute Gasteiger partial charge is 0.369 e. The first kappa shape index (κ1) is 11.6. The van der Waals surface area contributed by atoms with Crippen LogP contribution in [0, 0.1) is 3.57 Å². The Labute approximate surface area is 98.3 Å². The van der Waals surface area contributed by atoms with Crippen LogP contribution in [0.3, 0.4) is 0 Å². The van der Waals surface area contributed by atoms with E-state index < -0.39 is 0 Å². The highest BCUT2D eigenvalue weighted by atomic mass is 127. The Morgan fingerprint density at radius 2 is 2.29 bits per heavy atom. The Kier molecular flexibility index (Phi) is 5.10. The van der Waals surface area contributed by atoms with E-state index >= 15 is 0 Å². The maximum atomic E-state index is 4.15. The lowest BCUT2D eigenvalue weighted by Crippen LogP contribution is -2.16. The molecule has 0 aliphatic rings. The zero-order valence-electron chi connectivity index (χ0n) is 8.50. The maximum Gasteiger partial charge on any atom is 0.142 e. The standard InChI is InChI=1S/C9H15IN4/c1-14(2)5-3-4-12-9-8(10)6-11-7-13-9/h6-7H,3-5H2,1-2H3,(H,11,12,13). The number of aromatic nitrogens is 2. The maximum absolute atomic E-state index is 4.15. The van der Waals surface area contributed by atoms with Crippen molar-refractivity contribution in [1.29, 1.82) is 0 Å². The monoisotopic (exact) mass is 306 g/mol. The van der Waals surface area contributed by atoms with Gasteiger partial charge in [0.15, 0.2) is 0 Å². The summed E-state index contributed by atoms with van der Waals surface area (Å²) in [6.07, 6.45) is 4.49. The van der Waals surface area contributed by atoms with Crippen molar-refractivity contribution in [2.45, 2.75) is 6.42 Å². The van der Waals surface area contributed by atoms with Gasteiger partial charge in [-0.2, -0.15) is 0 Å². The van der Waals surface area contributed by atoms with Crippen molar-refractivity contribution in [3.63, 3.8) is 0 Å². The van der Waals surface area contributed by atoms with Gasteiger partial charge in [-0.1, -0.05) is 0 Å². The third-order valence-electron chi connectivity index (χ3n) is 1.74. The number of hydrogen-bond donors (Lipinski definition) is 1. The molecule has 0 aliphatic heterocycles. The molecule has 0 amide bonds. The Morgan fingerprint density at radius 3 is 2.93 bits per heavy atom. The van der Waals surface area contributed by atoms with Crippen LogP contribution in [0.4, 0.5) is 5.82 Å². The molecule has 0 unspecified atom stereocenters. The Balaban J connectivity index is 2.28. The molecule has 1 aromatic heterocycles. The predicted octanol–water partition coefficient (Wildman–Crippen LogP) is 1.44. The summed E-state index contributed by atoms with van der Waals surface area (Å²) in [5.74, 6) is 0.930. The molecule has 1 heterocycles. The average molecular weight is 306 g/mol. The van der Waals surface area contributed by atoms with Crippen LogP contribution in [-0.4, -0.2) is 42.1 Å². The van der Waals surface area contributed by atoms with Crippen molar-refractivity contribution in [3.05, 3.63) is 16.1 Å². The van der Waals surface area contributed by atoms with E-state index in [1.54, 1.807) is 6.33 Å². The lowest BCUT2D eigenvalue weighted by molar-refractivity contribution is 0.405. The minimum Gasteiger partial charge on any atom is -0.369 e. The van der Waals surface area contributed by atoms with E-state index in [1.807, 2.05) is 6.20 Å². The van der Waals surface area contributed by atoms with Gasteiger partial charge in [0, 0.05) is 12.7 Å². The molecule has 78 valence electrons. The van der Waals surface area contributed by atoms with E-state index in [0.29, 0.717) is 0 Å². The molecule has 4 nitrogen and oxygen atoms in total. The van der Waals surface area contributed by atoms with Crippen LogP contribution in [0.15, 0.2) is 12.5 Å². The molecule has 0 saturated heterocycles. The van der Waals surface area contributed by atoms with Crippen LogP contribution in [0.25, 0.3) is 0 Å². The van der Waals surface area contributed by atoms with Gasteiger partial charge in [-0.15, -0.1) is 0 Å². The number of hydrogen-bond acceptors (Lipinski definition) is 4. The molecule has 0 radical (unpaired) electrons. The van der Waals surface area contributed by atoms with E-state index in [4.69, 9.17) is 0 Å².